The predicted octanol–water partition coefficient (Wildman–Crippen LogP) is 2.05. The fourth-order valence-electron chi connectivity index (χ4n) is 3.22. The molecule has 0 atom stereocenters. The molecule has 3 rings (SSSR count). The lowest BCUT2D eigenvalue weighted by molar-refractivity contribution is 0.0907. The van der Waals surface area contributed by atoms with Crippen LogP contribution in [0.3, 0.4) is 0 Å². The lowest BCUT2D eigenvalue weighted by atomic mass is 10.0. The molecule has 0 saturated carbocycles. The van der Waals surface area contributed by atoms with Gasteiger partial charge >= 0.3 is 0 Å². The molecule has 0 aliphatic carbocycles. The van der Waals surface area contributed by atoms with Crippen LogP contribution in [0.15, 0.2) is 24.4 Å². The summed E-state index contributed by atoms with van der Waals surface area (Å²) in [4.78, 5) is 27.0. The van der Waals surface area contributed by atoms with Crippen molar-refractivity contribution in [3.8, 4) is 6.07 Å². The van der Waals surface area contributed by atoms with Crippen molar-refractivity contribution in [2.24, 2.45) is 0 Å². The highest BCUT2D eigenvalue weighted by molar-refractivity contribution is 6.08. The highest BCUT2D eigenvalue weighted by Gasteiger charge is 2.24. The van der Waals surface area contributed by atoms with Crippen molar-refractivity contribution in [2.75, 3.05) is 25.0 Å². The molecule has 0 unspecified atom stereocenters. The van der Waals surface area contributed by atoms with Crippen LogP contribution >= 0.6 is 0 Å². The first-order valence-electron chi connectivity index (χ1n) is 9.18. The zero-order valence-corrected chi connectivity index (χ0v) is 15.5. The second-order valence-corrected chi connectivity index (χ2v) is 6.71. The number of rotatable bonds is 6. The van der Waals surface area contributed by atoms with Crippen LogP contribution in [0.25, 0.3) is 0 Å². The largest absolute Gasteiger partial charge is 0.348 e. The first kappa shape index (κ1) is 20.4. The van der Waals surface area contributed by atoms with Gasteiger partial charge in [-0.15, -0.1) is 0 Å². The van der Waals surface area contributed by atoms with Crippen LogP contribution in [0.2, 0.25) is 0 Å². The van der Waals surface area contributed by atoms with Crippen molar-refractivity contribution in [1.82, 2.24) is 20.4 Å². The van der Waals surface area contributed by atoms with Gasteiger partial charge < -0.3 is 15.5 Å². The van der Waals surface area contributed by atoms with E-state index >= 15 is 0 Å². The molecule has 29 heavy (non-hydrogen) atoms. The molecule has 152 valence electrons. The molecule has 0 radical (unpaired) electrons. The van der Waals surface area contributed by atoms with Crippen molar-refractivity contribution in [3.63, 3.8) is 0 Å². The van der Waals surface area contributed by atoms with Crippen molar-refractivity contribution < 1.29 is 18.4 Å². The Labute approximate surface area is 165 Å². The third-order valence-corrected chi connectivity index (χ3v) is 4.77. The number of hydrogen-bond acceptors (Lipinski definition) is 5. The molecule has 3 N–H and O–H groups in total. The van der Waals surface area contributed by atoms with E-state index in [-0.39, 0.29) is 17.4 Å². The van der Waals surface area contributed by atoms with Gasteiger partial charge in [0.15, 0.2) is 0 Å². The summed E-state index contributed by atoms with van der Waals surface area (Å²) < 4.78 is 27.6. The van der Waals surface area contributed by atoms with Crippen molar-refractivity contribution in [3.05, 3.63) is 47.3 Å². The van der Waals surface area contributed by atoms with Crippen LogP contribution in [0.1, 0.15) is 40.1 Å². The number of H-pyrrole nitrogens is 1. The topological polar surface area (TPSA) is 114 Å². The van der Waals surface area contributed by atoms with Gasteiger partial charge in [-0.1, -0.05) is 6.07 Å². The minimum Gasteiger partial charge on any atom is -0.348 e. The van der Waals surface area contributed by atoms with E-state index in [1.54, 1.807) is 0 Å². The second-order valence-electron chi connectivity index (χ2n) is 6.71. The maximum Gasteiger partial charge on any atom is 0.271 e. The number of nitrogens with one attached hydrogen (secondary N) is 3. The Morgan fingerprint density at radius 1 is 1.24 bits per heavy atom. The molecule has 1 aromatic carbocycles. The minimum absolute atomic E-state index is 0.00186. The number of carbonyl (C=O) groups excluding carboxylic acids is 2. The average molecular weight is 402 g/mol. The summed E-state index contributed by atoms with van der Waals surface area (Å²) in [6, 6.07) is 5.16. The number of anilines is 1. The maximum absolute atomic E-state index is 13.8. The lowest BCUT2D eigenvalue weighted by Gasteiger charge is -2.31. The van der Waals surface area contributed by atoms with Crippen molar-refractivity contribution in [1.29, 1.82) is 5.26 Å². The van der Waals surface area contributed by atoms with Gasteiger partial charge in [-0.3, -0.25) is 14.7 Å². The molecule has 1 aromatic heterocycles. The van der Waals surface area contributed by atoms with Crippen LogP contribution in [-0.2, 0) is 0 Å². The number of nitrogens with zero attached hydrogens (tertiary/aromatic N) is 3. The molecule has 8 nitrogen and oxygen atoms in total. The van der Waals surface area contributed by atoms with E-state index in [0.717, 1.165) is 44.1 Å². The normalized spacial score (nSPS) is 14.9. The number of halogens is 2. The van der Waals surface area contributed by atoms with E-state index in [1.165, 1.54) is 6.20 Å². The van der Waals surface area contributed by atoms with Gasteiger partial charge in [0.1, 0.15) is 22.9 Å². The summed E-state index contributed by atoms with van der Waals surface area (Å²) in [6.07, 6.45) is 3.13. The van der Waals surface area contributed by atoms with Gasteiger partial charge in [-0.25, -0.2) is 8.78 Å². The molecule has 1 aliphatic heterocycles. The molecule has 2 heterocycles. The summed E-state index contributed by atoms with van der Waals surface area (Å²) in [5, 5.41) is 20.1. The Kier molecular flexibility index (Phi) is 6.51. The van der Waals surface area contributed by atoms with E-state index in [0.29, 0.717) is 13.0 Å². The number of carbonyl (C=O) groups is 2. The van der Waals surface area contributed by atoms with E-state index in [4.69, 9.17) is 5.26 Å². The fraction of sp³-hybridized carbons (Fsp3) is 0.368. The monoisotopic (exact) mass is 402 g/mol. The van der Waals surface area contributed by atoms with Gasteiger partial charge in [0.2, 0.25) is 0 Å². The number of nitriles is 1. The lowest BCUT2D eigenvalue weighted by Crippen LogP contribution is -2.45. The second kappa shape index (κ2) is 9.25. The SMILES string of the molecule is N#CCCN1CCC(NC(=O)c2[nH]ncc2NC(=O)c2c(F)cccc2F)CC1. The summed E-state index contributed by atoms with van der Waals surface area (Å²) in [7, 11) is 0. The first-order chi connectivity index (χ1) is 14.0. The molecule has 10 heteroatoms. The summed E-state index contributed by atoms with van der Waals surface area (Å²) >= 11 is 0. The molecule has 1 saturated heterocycles. The van der Waals surface area contributed by atoms with E-state index in [2.05, 4.69) is 31.8 Å². The van der Waals surface area contributed by atoms with Crippen molar-refractivity contribution >= 4 is 17.5 Å². The zero-order valence-electron chi connectivity index (χ0n) is 15.5. The molecule has 2 amide bonds. The number of likely N-dealkylation sites (tertiary alicyclic amines) is 1. The number of piperidine rings is 1. The number of benzene rings is 1. The Bertz CT molecular complexity index is 911. The molecule has 1 aliphatic rings. The number of hydrogen-bond donors (Lipinski definition) is 3. The maximum atomic E-state index is 13.8. The van der Waals surface area contributed by atoms with Crippen LogP contribution in [0.4, 0.5) is 14.5 Å². The van der Waals surface area contributed by atoms with Gasteiger partial charge in [-0.2, -0.15) is 10.4 Å². The number of aromatic amines is 1. The molecule has 0 spiro atoms. The van der Waals surface area contributed by atoms with E-state index in [9.17, 15) is 18.4 Å². The van der Waals surface area contributed by atoms with Gasteiger partial charge in [-0.05, 0) is 25.0 Å². The van der Waals surface area contributed by atoms with Gasteiger partial charge in [0, 0.05) is 32.1 Å². The van der Waals surface area contributed by atoms with Crippen LogP contribution in [0, 0.1) is 23.0 Å². The highest BCUT2D eigenvalue weighted by Crippen LogP contribution is 2.18. The summed E-state index contributed by atoms with van der Waals surface area (Å²) in [5.74, 6) is -3.48. The summed E-state index contributed by atoms with van der Waals surface area (Å²) in [6.45, 7) is 2.25. The zero-order chi connectivity index (χ0) is 20.8. The third-order valence-electron chi connectivity index (χ3n) is 4.77. The Morgan fingerprint density at radius 3 is 2.59 bits per heavy atom. The van der Waals surface area contributed by atoms with Crippen LogP contribution in [-0.4, -0.2) is 52.6 Å². The Morgan fingerprint density at radius 2 is 1.93 bits per heavy atom. The first-order valence-corrected chi connectivity index (χ1v) is 9.18. The smallest absolute Gasteiger partial charge is 0.271 e. The predicted molar refractivity (Wildman–Crippen MR) is 100 cm³/mol. The van der Waals surface area contributed by atoms with Crippen LogP contribution in [0.5, 0.6) is 0 Å². The van der Waals surface area contributed by atoms with Gasteiger partial charge in [0.25, 0.3) is 11.8 Å². The molecule has 1 fully saturated rings. The molecular formula is C19H20F2N6O2. The average Bonchev–Trinajstić information content (AvgIpc) is 3.15. The molecule has 0 bridgehead atoms. The Balaban J connectivity index is 1.61. The van der Waals surface area contributed by atoms with Crippen molar-refractivity contribution in [2.45, 2.75) is 25.3 Å². The quantitative estimate of drug-likeness (QED) is 0.684. The fourth-order valence-corrected chi connectivity index (χ4v) is 3.22. The van der Waals surface area contributed by atoms with E-state index < -0.39 is 29.0 Å². The third kappa shape index (κ3) is 4.94. The standard InChI is InChI=1S/C19H20F2N6O2/c20-13-3-1-4-14(21)16(13)18(28)25-15-11-23-26-17(15)19(29)24-12-5-9-27(10-6-12)8-2-7-22/h1,3-4,11-12H,2,5-6,8-10H2,(H,23,26)(H,24,29)(H,25,28). The summed E-state index contributed by atoms with van der Waals surface area (Å²) in [5.41, 5.74) is -0.701. The molecular weight excluding hydrogens is 382 g/mol. The number of aromatic nitrogens is 2. The highest BCUT2D eigenvalue weighted by atomic mass is 19.1. The minimum atomic E-state index is -1.01. The molecule has 2 aromatic rings. The number of amides is 2. The Hall–Kier alpha value is -3.32. The van der Waals surface area contributed by atoms with Crippen LogP contribution < -0.4 is 10.6 Å². The van der Waals surface area contributed by atoms with E-state index in [1.807, 2.05) is 0 Å². The van der Waals surface area contributed by atoms with Gasteiger partial charge in [0.05, 0.1) is 18.0 Å².